The highest BCUT2D eigenvalue weighted by Gasteiger charge is 2.31. The molecule has 0 saturated carbocycles. The minimum Gasteiger partial charge on any atom is -0.507 e. The van der Waals surface area contributed by atoms with Gasteiger partial charge in [0.15, 0.2) is 0 Å². The molecule has 3 rings (SSSR count). The number of phenols is 1. The Kier molecular flexibility index (Phi) is 3.61. The van der Waals surface area contributed by atoms with Gasteiger partial charge in [0.1, 0.15) is 23.9 Å². The first kappa shape index (κ1) is 15.2. The summed E-state index contributed by atoms with van der Waals surface area (Å²) >= 11 is 0. The lowest BCUT2D eigenvalue weighted by molar-refractivity contribution is -0.274. The first-order chi connectivity index (χ1) is 10.9. The highest BCUT2D eigenvalue weighted by Crippen LogP contribution is 2.35. The standard InChI is InChI=1S/C15H11F3N2O3/c16-15(17,18)23-9-2-4-13(22)10(6-9)8-1-3-11-12(5-8)20-14(7-21)19-11/h1-6,21-22H,7H2,(H,19,20). The summed E-state index contributed by atoms with van der Waals surface area (Å²) in [5.74, 6) is -0.234. The van der Waals surface area contributed by atoms with E-state index in [1.54, 1.807) is 18.2 Å². The minimum atomic E-state index is -4.81. The quantitative estimate of drug-likeness (QED) is 0.690. The van der Waals surface area contributed by atoms with E-state index in [9.17, 15) is 18.3 Å². The summed E-state index contributed by atoms with van der Waals surface area (Å²) in [6.07, 6.45) is -4.81. The molecule has 120 valence electrons. The van der Waals surface area contributed by atoms with Crippen molar-refractivity contribution in [3.8, 4) is 22.6 Å². The van der Waals surface area contributed by atoms with Gasteiger partial charge in [-0.3, -0.25) is 0 Å². The molecule has 0 amide bonds. The van der Waals surface area contributed by atoms with Crippen molar-refractivity contribution in [1.29, 1.82) is 0 Å². The lowest BCUT2D eigenvalue weighted by atomic mass is 10.0. The number of nitrogens with one attached hydrogen (secondary N) is 1. The van der Waals surface area contributed by atoms with Crippen LogP contribution in [-0.4, -0.2) is 26.5 Å². The maximum atomic E-state index is 12.3. The summed E-state index contributed by atoms with van der Waals surface area (Å²) < 4.78 is 40.8. The van der Waals surface area contributed by atoms with Gasteiger partial charge < -0.3 is 19.9 Å². The highest BCUT2D eigenvalue weighted by atomic mass is 19.4. The van der Waals surface area contributed by atoms with Gasteiger partial charge in [-0.05, 0) is 35.9 Å². The fourth-order valence-electron chi connectivity index (χ4n) is 2.25. The second-order valence-corrected chi connectivity index (χ2v) is 4.80. The summed E-state index contributed by atoms with van der Waals surface area (Å²) in [5.41, 5.74) is 1.86. The number of hydrogen-bond acceptors (Lipinski definition) is 4. The van der Waals surface area contributed by atoms with Crippen LogP contribution >= 0.6 is 0 Å². The van der Waals surface area contributed by atoms with Gasteiger partial charge in [-0.25, -0.2) is 4.98 Å². The number of alkyl halides is 3. The fourth-order valence-corrected chi connectivity index (χ4v) is 2.25. The maximum absolute atomic E-state index is 12.3. The average molecular weight is 324 g/mol. The van der Waals surface area contributed by atoms with E-state index in [2.05, 4.69) is 14.7 Å². The Morgan fingerprint density at radius 3 is 2.61 bits per heavy atom. The van der Waals surface area contributed by atoms with Gasteiger partial charge in [-0.1, -0.05) is 6.07 Å². The number of aromatic nitrogens is 2. The predicted octanol–water partition coefficient (Wildman–Crippen LogP) is 3.33. The number of nitrogens with zero attached hydrogens (tertiary/aromatic N) is 1. The molecule has 0 aliphatic rings. The van der Waals surface area contributed by atoms with Crippen LogP contribution in [0.1, 0.15) is 5.82 Å². The molecule has 5 nitrogen and oxygen atoms in total. The number of H-pyrrole nitrogens is 1. The van der Waals surface area contributed by atoms with E-state index in [0.717, 1.165) is 18.2 Å². The first-order valence-corrected chi connectivity index (χ1v) is 6.54. The highest BCUT2D eigenvalue weighted by molar-refractivity contribution is 5.83. The summed E-state index contributed by atoms with van der Waals surface area (Å²) in [4.78, 5) is 6.99. The third-order valence-electron chi connectivity index (χ3n) is 3.19. The van der Waals surface area contributed by atoms with Crippen molar-refractivity contribution in [1.82, 2.24) is 9.97 Å². The largest absolute Gasteiger partial charge is 0.573 e. The molecule has 0 bridgehead atoms. The second-order valence-electron chi connectivity index (χ2n) is 4.80. The number of aliphatic hydroxyl groups is 1. The van der Waals surface area contributed by atoms with Crippen molar-refractivity contribution in [3.05, 3.63) is 42.2 Å². The van der Waals surface area contributed by atoms with Crippen molar-refractivity contribution in [2.45, 2.75) is 13.0 Å². The van der Waals surface area contributed by atoms with Crippen LogP contribution in [0.15, 0.2) is 36.4 Å². The first-order valence-electron chi connectivity index (χ1n) is 6.54. The van der Waals surface area contributed by atoms with Crippen molar-refractivity contribution < 1.29 is 28.1 Å². The third kappa shape index (κ3) is 3.21. The zero-order valence-electron chi connectivity index (χ0n) is 11.6. The minimum absolute atomic E-state index is 0.180. The number of aromatic amines is 1. The fraction of sp³-hybridized carbons (Fsp3) is 0.133. The number of halogens is 3. The smallest absolute Gasteiger partial charge is 0.507 e. The van der Waals surface area contributed by atoms with Crippen molar-refractivity contribution >= 4 is 11.0 Å². The van der Waals surface area contributed by atoms with E-state index in [1.807, 2.05) is 0 Å². The Morgan fingerprint density at radius 2 is 1.91 bits per heavy atom. The number of imidazole rings is 1. The molecule has 0 aliphatic carbocycles. The number of aliphatic hydroxyl groups excluding tert-OH is 1. The molecule has 1 heterocycles. The van der Waals surface area contributed by atoms with E-state index in [1.165, 1.54) is 0 Å². The van der Waals surface area contributed by atoms with Gasteiger partial charge in [-0.2, -0.15) is 0 Å². The van der Waals surface area contributed by atoms with Crippen LogP contribution in [0.25, 0.3) is 22.2 Å². The van der Waals surface area contributed by atoms with E-state index in [4.69, 9.17) is 5.11 Å². The van der Waals surface area contributed by atoms with E-state index in [-0.39, 0.29) is 17.9 Å². The Labute approximate surface area is 128 Å². The molecule has 3 aromatic rings. The van der Waals surface area contributed by atoms with Crippen LogP contribution in [0.5, 0.6) is 11.5 Å². The number of benzene rings is 2. The molecule has 3 N–H and O–H groups in total. The van der Waals surface area contributed by atoms with Gasteiger partial charge in [0.25, 0.3) is 0 Å². The average Bonchev–Trinajstić information content (AvgIpc) is 2.90. The van der Waals surface area contributed by atoms with Crippen molar-refractivity contribution in [2.75, 3.05) is 0 Å². The molecular weight excluding hydrogens is 313 g/mol. The number of hydrogen-bond donors (Lipinski definition) is 3. The number of fused-ring (bicyclic) bond motifs is 1. The molecule has 1 aromatic heterocycles. The second kappa shape index (κ2) is 5.47. The molecule has 0 saturated heterocycles. The SMILES string of the molecule is OCc1nc2ccc(-c3cc(OC(F)(F)F)ccc3O)cc2[nH]1. The number of rotatable bonds is 3. The van der Waals surface area contributed by atoms with Crippen molar-refractivity contribution in [2.24, 2.45) is 0 Å². The molecule has 8 heteroatoms. The molecule has 23 heavy (non-hydrogen) atoms. The number of aromatic hydroxyl groups is 1. The van der Waals surface area contributed by atoms with Crippen LogP contribution in [0, 0.1) is 0 Å². The normalized spacial score (nSPS) is 11.8. The summed E-state index contributed by atoms with van der Waals surface area (Å²) in [7, 11) is 0. The predicted molar refractivity (Wildman–Crippen MR) is 75.8 cm³/mol. The Bertz CT molecular complexity index is 859. The van der Waals surface area contributed by atoms with Gasteiger partial charge in [0.2, 0.25) is 0 Å². The van der Waals surface area contributed by atoms with E-state index >= 15 is 0 Å². The van der Waals surface area contributed by atoms with Crippen LogP contribution in [0.4, 0.5) is 13.2 Å². The summed E-state index contributed by atoms with van der Waals surface area (Å²) in [5, 5.41) is 19.0. The summed E-state index contributed by atoms with van der Waals surface area (Å²) in [6.45, 7) is -0.260. The number of phenolic OH excluding ortho intramolecular Hbond substituents is 1. The van der Waals surface area contributed by atoms with Gasteiger partial charge >= 0.3 is 6.36 Å². The summed E-state index contributed by atoms with van der Waals surface area (Å²) in [6, 6.07) is 8.13. The van der Waals surface area contributed by atoms with Crippen LogP contribution < -0.4 is 4.74 Å². The molecule has 2 aromatic carbocycles. The molecule has 0 fully saturated rings. The number of ether oxygens (including phenoxy) is 1. The molecule has 0 radical (unpaired) electrons. The third-order valence-corrected chi connectivity index (χ3v) is 3.19. The van der Waals surface area contributed by atoms with E-state index in [0.29, 0.717) is 22.4 Å². The molecule has 0 atom stereocenters. The van der Waals surface area contributed by atoms with Gasteiger partial charge in [0, 0.05) is 5.56 Å². The lowest BCUT2D eigenvalue weighted by Gasteiger charge is -2.11. The Morgan fingerprint density at radius 1 is 1.13 bits per heavy atom. The molecule has 0 unspecified atom stereocenters. The Hall–Kier alpha value is -2.74. The maximum Gasteiger partial charge on any atom is 0.573 e. The molecular formula is C15H11F3N2O3. The zero-order chi connectivity index (χ0) is 16.6. The zero-order valence-corrected chi connectivity index (χ0v) is 11.6. The van der Waals surface area contributed by atoms with Crippen LogP contribution in [0.2, 0.25) is 0 Å². The molecule has 0 spiro atoms. The van der Waals surface area contributed by atoms with Gasteiger partial charge in [-0.15, -0.1) is 13.2 Å². The lowest BCUT2D eigenvalue weighted by Crippen LogP contribution is -2.17. The topological polar surface area (TPSA) is 78.4 Å². The monoisotopic (exact) mass is 324 g/mol. The van der Waals surface area contributed by atoms with Crippen molar-refractivity contribution in [3.63, 3.8) is 0 Å². The van der Waals surface area contributed by atoms with E-state index < -0.39 is 12.1 Å². The Balaban J connectivity index is 2.04. The van der Waals surface area contributed by atoms with Crippen LogP contribution in [-0.2, 0) is 6.61 Å². The van der Waals surface area contributed by atoms with Gasteiger partial charge in [0.05, 0.1) is 11.0 Å². The molecule has 0 aliphatic heterocycles. The van der Waals surface area contributed by atoms with Crippen LogP contribution in [0.3, 0.4) is 0 Å².